The fraction of sp³-hybridized carbons (Fsp3) is 0.588. The maximum absolute atomic E-state index is 12.1. The molecule has 1 nitrogen and oxygen atoms in total. The number of rotatable bonds is 10. The van der Waals surface area contributed by atoms with Gasteiger partial charge in [-0.05, 0) is 40.5 Å². The standard InChI is InChI=1S/C17H24BrClO/c1-2-3-4-5-6-7-8-9-10-17(20)15-12-11-14(19)13-16(15)18/h11-13H,2-10H2,1H3. The fourth-order valence-corrected chi connectivity index (χ4v) is 3.17. The van der Waals surface area contributed by atoms with Gasteiger partial charge in [-0.25, -0.2) is 0 Å². The number of ketones is 1. The molecule has 112 valence electrons. The number of halogens is 2. The summed E-state index contributed by atoms with van der Waals surface area (Å²) in [6.07, 6.45) is 10.7. The normalized spacial score (nSPS) is 10.8. The second-order valence-electron chi connectivity index (χ2n) is 5.27. The van der Waals surface area contributed by atoms with Crippen molar-refractivity contribution in [3.05, 3.63) is 33.3 Å². The van der Waals surface area contributed by atoms with E-state index in [1.807, 2.05) is 0 Å². The van der Waals surface area contributed by atoms with E-state index in [2.05, 4.69) is 22.9 Å². The van der Waals surface area contributed by atoms with Crippen molar-refractivity contribution in [2.45, 2.75) is 64.7 Å². The molecule has 20 heavy (non-hydrogen) atoms. The summed E-state index contributed by atoms with van der Waals surface area (Å²) in [6.45, 7) is 2.24. The monoisotopic (exact) mass is 358 g/mol. The summed E-state index contributed by atoms with van der Waals surface area (Å²) in [6, 6.07) is 5.36. The first-order valence-corrected chi connectivity index (χ1v) is 8.80. The second kappa shape index (κ2) is 10.4. The van der Waals surface area contributed by atoms with Crippen LogP contribution in [-0.2, 0) is 0 Å². The lowest BCUT2D eigenvalue weighted by atomic mass is 10.0. The third-order valence-electron chi connectivity index (χ3n) is 3.49. The first-order valence-electron chi connectivity index (χ1n) is 7.63. The minimum atomic E-state index is 0.208. The lowest BCUT2D eigenvalue weighted by Gasteiger charge is -2.05. The first kappa shape index (κ1) is 17.7. The van der Waals surface area contributed by atoms with Gasteiger partial charge in [0.25, 0.3) is 0 Å². The Hall–Kier alpha value is -0.340. The molecule has 0 radical (unpaired) electrons. The molecule has 1 aromatic carbocycles. The molecule has 0 aliphatic carbocycles. The summed E-state index contributed by atoms with van der Waals surface area (Å²) in [5, 5.41) is 0.653. The molecule has 3 heteroatoms. The molecule has 0 saturated heterocycles. The van der Waals surface area contributed by atoms with Crippen molar-refractivity contribution >= 4 is 33.3 Å². The number of Topliss-reactive ketones (excluding diaryl/α,β-unsaturated/α-hetero) is 1. The van der Waals surface area contributed by atoms with Crippen LogP contribution in [0.4, 0.5) is 0 Å². The third kappa shape index (κ3) is 6.90. The molecule has 0 fully saturated rings. The molecular formula is C17H24BrClO. The van der Waals surface area contributed by atoms with Gasteiger partial charge in [-0.3, -0.25) is 4.79 Å². The summed E-state index contributed by atoms with van der Waals surface area (Å²) >= 11 is 9.28. The molecule has 0 atom stereocenters. The molecule has 0 unspecified atom stereocenters. The van der Waals surface area contributed by atoms with Gasteiger partial charge in [-0.15, -0.1) is 0 Å². The Morgan fingerprint density at radius 1 is 1.05 bits per heavy atom. The van der Waals surface area contributed by atoms with Gasteiger partial charge in [0.15, 0.2) is 5.78 Å². The quantitative estimate of drug-likeness (QED) is 0.331. The van der Waals surface area contributed by atoms with E-state index in [0.29, 0.717) is 11.4 Å². The number of carbonyl (C=O) groups is 1. The van der Waals surface area contributed by atoms with Gasteiger partial charge in [-0.1, -0.05) is 63.5 Å². The molecule has 0 heterocycles. The Morgan fingerprint density at radius 3 is 2.25 bits per heavy atom. The second-order valence-corrected chi connectivity index (χ2v) is 6.56. The number of benzene rings is 1. The predicted octanol–water partition coefficient (Wildman–Crippen LogP) is 6.82. The van der Waals surface area contributed by atoms with Crippen molar-refractivity contribution in [1.29, 1.82) is 0 Å². The molecule has 0 amide bonds. The third-order valence-corrected chi connectivity index (χ3v) is 4.38. The predicted molar refractivity (Wildman–Crippen MR) is 90.7 cm³/mol. The zero-order valence-electron chi connectivity index (χ0n) is 12.3. The molecule has 0 spiro atoms. The van der Waals surface area contributed by atoms with E-state index in [0.717, 1.165) is 22.9 Å². The molecule has 0 aliphatic rings. The molecule has 0 aromatic heterocycles. The van der Waals surface area contributed by atoms with E-state index in [1.165, 1.54) is 38.5 Å². The van der Waals surface area contributed by atoms with E-state index in [-0.39, 0.29) is 5.78 Å². The lowest BCUT2D eigenvalue weighted by molar-refractivity contribution is 0.0978. The van der Waals surface area contributed by atoms with Gasteiger partial charge in [0.05, 0.1) is 0 Å². The highest BCUT2D eigenvalue weighted by atomic mass is 79.9. The van der Waals surface area contributed by atoms with E-state index >= 15 is 0 Å². The molecule has 0 saturated carbocycles. The Morgan fingerprint density at radius 2 is 1.65 bits per heavy atom. The zero-order chi connectivity index (χ0) is 14.8. The molecule has 1 rings (SSSR count). The Bertz CT molecular complexity index is 417. The van der Waals surface area contributed by atoms with E-state index in [9.17, 15) is 4.79 Å². The maximum Gasteiger partial charge on any atom is 0.164 e. The lowest BCUT2D eigenvalue weighted by Crippen LogP contribution is -2.00. The summed E-state index contributed by atoms with van der Waals surface area (Å²) < 4.78 is 0.801. The van der Waals surface area contributed by atoms with E-state index < -0.39 is 0 Å². The van der Waals surface area contributed by atoms with Crippen LogP contribution < -0.4 is 0 Å². The average Bonchev–Trinajstić information content (AvgIpc) is 2.41. The van der Waals surface area contributed by atoms with Crippen molar-refractivity contribution in [1.82, 2.24) is 0 Å². The van der Waals surface area contributed by atoms with Crippen molar-refractivity contribution in [3.63, 3.8) is 0 Å². The van der Waals surface area contributed by atoms with Crippen LogP contribution in [-0.4, -0.2) is 5.78 Å². The summed E-state index contributed by atoms with van der Waals surface area (Å²) in [7, 11) is 0. The Kier molecular flexibility index (Phi) is 9.21. The molecular weight excluding hydrogens is 336 g/mol. The van der Waals surface area contributed by atoms with E-state index in [1.54, 1.807) is 18.2 Å². The highest BCUT2D eigenvalue weighted by Crippen LogP contribution is 2.23. The Balaban J connectivity index is 2.17. The topological polar surface area (TPSA) is 17.1 Å². The largest absolute Gasteiger partial charge is 0.294 e. The van der Waals surface area contributed by atoms with Gasteiger partial charge >= 0.3 is 0 Å². The van der Waals surface area contributed by atoms with Gasteiger partial charge in [0.2, 0.25) is 0 Å². The van der Waals surface area contributed by atoms with E-state index in [4.69, 9.17) is 11.6 Å². The van der Waals surface area contributed by atoms with Crippen LogP contribution in [0.25, 0.3) is 0 Å². The van der Waals surface area contributed by atoms with Crippen LogP contribution in [0.15, 0.2) is 22.7 Å². The maximum atomic E-state index is 12.1. The first-order chi connectivity index (χ1) is 9.65. The fourth-order valence-electron chi connectivity index (χ4n) is 2.27. The highest BCUT2D eigenvalue weighted by molar-refractivity contribution is 9.10. The smallest absolute Gasteiger partial charge is 0.164 e. The zero-order valence-corrected chi connectivity index (χ0v) is 14.6. The van der Waals surface area contributed by atoms with Gasteiger partial charge in [-0.2, -0.15) is 0 Å². The van der Waals surface area contributed by atoms with Gasteiger partial charge in [0.1, 0.15) is 0 Å². The van der Waals surface area contributed by atoms with Gasteiger partial charge < -0.3 is 0 Å². The van der Waals surface area contributed by atoms with Crippen molar-refractivity contribution < 1.29 is 4.79 Å². The Labute approximate surface area is 136 Å². The van der Waals surface area contributed by atoms with Crippen LogP contribution in [0, 0.1) is 0 Å². The van der Waals surface area contributed by atoms with Crippen LogP contribution in [0.1, 0.15) is 75.1 Å². The number of carbonyl (C=O) groups excluding carboxylic acids is 1. The highest BCUT2D eigenvalue weighted by Gasteiger charge is 2.09. The summed E-state index contributed by atoms with van der Waals surface area (Å²) in [4.78, 5) is 12.1. The number of hydrogen-bond acceptors (Lipinski definition) is 1. The molecule has 1 aromatic rings. The minimum Gasteiger partial charge on any atom is -0.294 e. The van der Waals surface area contributed by atoms with Crippen molar-refractivity contribution in [3.8, 4) is 0 Å². The number of hydrogen-bond donors (Lipinski definition) is 0. The van der Waals surface area contributed by atoms with Crippen LogP contribution in [0.3, 0.4) is 0 Å². The van der Waals surface area contributed by atoms with Gasteiger partial charge in [0, 0.05) is 21.5 Å². The SMILES string of the molecule is CCCCCCCCCCC(=O)c1ccc(Cl)cc1Br. The summed E-state index contributed by atoms with van der Waals surface area (Å²) in [5.41, 5.74) is 0.748. The van der Waals surface area contributed by atoms with Crippen molar-refractivity contribution in [2.75, 3.05) is 0 Å². The number of unbranched alkanes of at least 4 members (excludes halogenated alkanes) is 7. The molecule has 0 bridgehead atoms. The minimum absolute atomic E-state index is 0.208. The molecule has 0 N–H and O–H groups in total. The summed E-state index contributed by atoms with van der Waals surface area (Å²) in [5.74, 6) is 0.208. The van der Waals surface area contributed by atoms with Crippen molar-refractivity contribution in [2.24, 2.45) is 0 Å². The molecule has 0 aliphatic heterocycles. The van der Waals surface area contributed by atoms with Crippen LogP contribution in [0.5, 0.6) is 0 Å². The average molecular weight is 360 g/mol. The van der Waals surface area contributed by atoms with Crippen LogP contribution in [0.2, 0.25) is 5.02 Å². The van der Waals surface area contributed by atoms with Crippen LogP contribution >= 0.6 is 27.5 Å².